The van der Waals surface area contributed by atoms with Crippen LogP contribution in [-0.2, 0) is 9.31 Å². The number of halogens is 1. The van der Waals surface area contributed by atoms with E-state index in [1.807, 2.05) is 11.0 Å². The van der Waals surface area contributed by atoms with Gasteiger partial charge < -0.3 is 9.31 Å². The number of nitrogens with zero attached hydrogens (tertiary/aromatic N) is 2. The summed E-state index contributed by atoms with van der Waals surface area (Å²) in [6.45, 7) is 12.5. The molecule has 1 aliphatic heterocycles. The highest BCUT2D eigenvalue weighted by Gasteiger charge is 2.52. The van der Waals surface area contributed by atoms with Gasteiger partial charge in [-0.05, 0) is 53.1 Å². The molecule has 0 spiro atoms. The lowest BCUT2D eigenvalue weighted by Crippen LogP contribution is -2.41. The van der Waals surface area contributed by atoms with E-state index in [9.17, 15) is 0 Å². The Morgan fingerprint density at radius 1 is 1.14 bits per heavy atom. The lowest BCUT2D eigenvalue weighted by Gasteiger charge is -2.32. The zero-order chi connectivity index (χ0) is 16.3. The van der Waals surface area contributed by atoms with Gasteiger partial charge in [-0.2, -0.15) is 9.19 Å². The highest BCUT2D eigenvalue weighted by molar-refractivity contribution is 14.2. The number of hydrogen-bond donors (Lipinski definition) is 0. The lowest BCUT2D eigenvalue weighted by atomic mass is 9.73. The van der Waals surface area contributed by atoms with Crippen LogP contribution in [0, 0.1) is 13.8 Å². The largest absolute Gasteiger partial charge is 0.495 e. The number of rotatable bonds is 2. The van der Waals surface area contributed by atoms with Crippen LogP contribution in [0.1, 0.15) is 39.0 Å². The van der Waals surface area contributed by atoms with Gasteiger partial charge in [-0.15, -0.1) is 0 Å². The van der Waals surface area contributed by atoms with Gasteiger partial charge in [0.05, 0.1) is 22.4 Å². The molecule has 1 aromatic heterocycles. The summed E-state index contributed by atoms with van der Waals surface area (Å²) in [5.74, 6) is 0. The highest BCUT2D eigenvalue weighted by atomic mass is 127. The Balaban J connectivity index is 2.20. The molecule has 118 valence electrons. The van der Waals surface area contributed by atoms with E-state index in [0.29, 0.717) is 0 Å². The van der Waals surface area contributed by atoms with E-state index in [1.54, 1.807) is 9.12 Å². The van der Waals surface area contributed by atoms with Crippen molar-refractivity contribution >= 4 is 53.8 Å². The summed E-state index contributed by atoms with van der Waals surface area (Å²) in [5, 5.41) is 5.76. The van der Waals surface area contributed by atoms with Gasteiger partial charge in [0, 0.05) is 35.7 Å². The predicted octanol–water partition coefficient (Wildman–Crippen LogP) is 3.80. The van der Waals surface area contributed by atoms with E-state index in [0.717, 1.165) is 22.1 Å². The van der Waals surface area contributed by atoms with E-state index in [-0.39, 0.29) is 18.3 Å². The molecular weight excluding hydrogens is 410 g/mol. The number of benzene rings is 1. The molecule has 3 rings (SSSR count). The van der Waals surface area contributed by atoms with Crippen molar-refractivity contribution in [1.82, 2.24) is 9.19 Å². The molecule has 1 aromatic carbocycles. The van der Waals surface area contributed by atoms with Crippen molar-refractivity contribution in [3.63, 3.8) is 0 Å². The van der Waals surface area contributed by atoms with E-state index < -0.39 is 0 Å². The third-order valence-electron chi connectivity index (χ3n) is 4.80. The molecule has 0 unspecified atom stereocenters. The lowest BCUT2D eigenvalue weighted by molar-refractivity contribution is 0.00578. The van der Waals surface area contributed by atoms with Crippen LogP contribution in [0.5, 0.6) is 0 Å². The molecule has 0 radical (unpaired) electrons. The van der Waals surface area contributed by atoms with E-state index >= 15 is 0 Å². The second kappa shape index (κ2) is 5.39. The molecule has 0 aliphatic carbocycles. The normalized spacial score (nSPS) is 20.0. The molecule has 0 N–H and O–H groups in total. The molecular formula is C15H20BIN2O2S. The Morgan fingerprint density at radius 3 is 2.27 bits per heavy atom. The third kappa shape index (κ3) is 2.40. The molecule has 2 aromatic rings. The Bertz CT molecular complexity index is 729. The minimum absolute atomic E-state index is 0.339. The quantitative estimate of drug-likeness (QED) is 0.537. The van der Waals surface area contributed by atoms with Gasteiger partial charge in [0.2, 0.25) is 0 Å². The standard InChI is InChI=1S/C15H20BIN2O2S/c1-9-7-8-11-12(10(2)18-19(11)22-17)13(9)16-20-14(3,4)15(5,6)21-16/h7-8H,1-6H3. The van der Waals surface area contributed by atoms with Crippen molar-refractivity contribution in [2.45, 2.75) is 52.7 Å². The van der Waals surface area contributed by atoms with E-state index in [4.69, 9.17) is 9.31 Å². The fourth-order valence-corrected chi connectivity index (χ4v) is 4.09. The van der Waals surface area contributed by atoms with Crippen molar-refractivity contribution < 1.29 is 9.31 Å². The molecule has 0 bridgehead atoms. The Labute approximate surface area is 148 Å². The van der Waals surface area contributed by atoms with Gasteiger partial charge >= 0.3 is 7.12 Å². The van der Waals surface area contributed by atoms with Gasteiger partial charge in [0.1, 0.15) is 0 Å². The summed E-state index contributed by atoms with van der Waals surface area (Å²) in [4.78, 5) is 0. The second-order valence-electron chi connectivity index (χ2n) is 6.81. The zero-order valence-corrected chi connectivity index (χ0v) is 16.7. The van der Waals surface area contributed by atoms with Gasteiger partial charge in [0.15, 0.2) is 0 Å². The molecule has 22 heavy (non-hydrogen) atoms. The van der Waals surface area contributed by atoms with Crippen LogP contribution in [0.3, 0.4) is 0 Å². The summed E-state index contributed by atoms with van der Waals surface area (Å²) in [6, 6.07) is 4.23. The van der Waals surface area contributed by atoms with Crippen molar-refractivity contribution in [2.75, 3.05) is 0 Å². The number of aromatic nitrogens is 2. The average molecular weight is 430 g/mol. The molecule has 1 aliphatic rings. The summed E-state index contributed by atoms with van der Waals surface area (Å²) < 4.78 is 14.5. The van der Waals surface area contributed by atoms with Crippen LogP contribution in [0.25, 0.3) is 10.9 Å². The van der Waals surface area contributed by atoms with Crippen LogP contribution in [0.15, 0.2) is 12.1 Å². The fraction of sp³-hybridized carbons (Fsp3) is 0.533. The predicted molar refractivity (Wildman–Crippen MR) is 102 cm³/mol. The zero-order valence-electron chi connectivity index (χ0n) is 13.7. The molecule has 0 atom stereocenters. The fourth-order valence-electron chi connectivity index (χ4n) is 2.81. The first kappa shape index (κ1) is 16.6. The van der Waals surface area contributed by atoms with Crippen molar-refractivity contribution in [3.8, 4) is 0 Å². The topological polar surface area (TPSA) is 36.3 Å². The van der Waals surface area contributed by atoms with Crippen molar-refractivity contribution in [1.29, 1.82) is 0 Å². The molecule has 0 amide bonds. The van der Waals surface area contributed by atoms with Crippen LogP contribution in [-0.4, -0.2) is 27.5 Å². The molecule has 0 saturated carbocycles. The molecule has 1 fully saturated rings. The molecule has 2 heterocycles. The average Bonchev–Trinajstić information content (AvgIpc) is 2.84. The summed E-state index contributed by atoms with van der Waals surface area (Å²) in [5.41, 5.74) is 3.71. The SMILES string of the molecule is Cc1ccc2c(c(C)nn2SI)c1B1OC(C)(C)C(C)(C)O1. The third-order valence-corrected chi connectivity index (χ3v) is 6.33. The maximum absolute atomic E-state index is 6.27. The minimum atomic E-state index is -0.357. The minimum Gasteiger partial charge on any atom is -0.399 e. The van der Waals surface area contributed by atoms with Crippen LogP contribution < -0.4 is 5.46 Å². The van der Waals surface area contributed by atoms with Gasteiger partial charge in [-0.3, -0.25) is 0 Å². The van der Waals surface area contributed by atoms with Crippen molar-refractivity contribution in [3.05, 3.63) is 23.4 Å². The van der Waals surface area contributed by atoms with Crippen LogP contribution in [0.4, 0.5) is 0 Å². The molecule has 4 nitrogen and oxygen atoms in total. The van der Waals surface area contributed by atoms with Crippen LogP contribution >= 0.6 is 30.3 Å². The summed E-state index contributed by atoms with van der Waals surface area (Å²) in [6.07, 6.45) is 0. The number of hydrogen-bond acceptors (Lipinski definition) is 4. The number of fused-ring (bicyclic) bond motifs is 1. The van der Waals surface area contributed by atoms with Crippen molar-refractivity contribution in [2.24, 2.45) is 0 Å². The Hall–Kier alpha value is -0.245. The smallest absolute Gasteiger partial charge is 0.399 e. The van der Waals surface area contributed by atoms with Crippen LogP contribution in [0.2, 0.25) is 0 Å². The maximum Gasteiger partial charge on any atom is 0.495 e. The maximum atomic E-state index is 6.27. The first-order valence-corrected chi connectivity index (χ1v) is 10.6. The highest BCUT2D eigenvalue weighted by Crippen LogP contribution is 2.37. The molecule has 1 saturated heterocycles. The van der Waals surface area contributed by atoms with E-state index in [1.165, 1.54) is 5.56 Å². The first-order valence-electron chi connectivity index (χ1n) is 7.31. The van der Waals surface area contributed by atoms with Gasteiger partial charge in [-0.1, -0.05) is 11.6 Å². The number of aryl methyl sites for hydroxylation is 2. The Kier molecular flexibility index (Phi) is 4.07. The van der Waals surface area contributed by atoms with E-state index in [2.05, 4.69) is 73.1 Å². The van der Waals surface area contributed by atoms with Gasteiger partial charge in [0.25, 0.3) is 0 Å². The Morgan fingerprint density at radius 2 is 1.73 bits per heavy atom. The first-order chi connectivity index (χ1) is 10.2. The molecule has 7 heteroatoms. The summed E-state index contributed by atoms with van der Waals surface area (Å²) >= 11 is 2.25. The second-order valence-corrected chi connectivity index (χ2v) is 8.47. The monoisotopic (exact) mass is 430 g/mol. The summed E-state index contributed by atoms with van der Waals surface area (Å²) in [7, 11) is 1.21. The van der Waals surface area contributed by atoms with Gasteiger partial charge in [-0.25, -0.2) is 0 Å².